The highest BCUT2D eigenvalue weighted by molar-refractivity contribution is 6.17. The van der Waals surface area contributed by atoms with Crippen LogP contribution in [-0.2, 0) is 9.59 Å². The summed E-state index contributed by atoms with van der Waals surface area (Å²) in [5, 5.41) is 8.31. The lowest BCUT2D eigenvalue weighted by Crippen LogP contribution is -2.35. The number of aryl methyl sites for hydroxylation is 1. The van der Waals surface area contributed by atoms with Crippen molar-refractivity contribution in [1.82, 2.24) is 10.3 Å². The van der Waals surface area contributed by atoms with Crippen molar-refractivity contribution in [2.75, 3.05) is 24.8 Å². The van der Waals surface area contributed by atoms with E-state index in [9.17, 15) is 18.8 Å². The van der Waals surface area contributed by atoms with Gasteiger partial charge in [-0.1, -0.05) is 0 Å². The summed E-state index contributed by atoms with van der Waals surface area (Å²) < 4.78 is 39.7. The fourth-order valence-electron chi connectivity index (χ4n) is 4.44. The van der Waals surface area contributed by atoms with E-state index in [0.29, 0.717) is 40.7 Å². The predicted molar refractivity (Wildman–Crippen MR) is 148 cm³/mol. The first-order valence-electron chi connectivity index (χ1n) is 12.7. The minimum absolute atomic E-state index is 0.126. The summed E-state index contributed by atoms with van der Waals surface area (Å²) in [6.07, 6.45) is 2.13. The van der Waals surface area contributed by atoms with Crippen molar-refractivity contribution in [2.45, 2.75) is 19.8 Å². The topological polar surface area (TPSA) is 119 Å². The van der Waals surface area contributed by atoms with Crippen molar-refractivity contribution in [2.24, 2.45) is 5.41 Å². The highest BCUT2D eigenvalue weighted by atomic mass is 19.1. The van der Waals surface area contributed by atoms with E-state index in [1.54, 1.807) is 19.1 Å². The average molecular weight is 561 g/mol. The van der Waals surface area contributed by atoms with Gasteiger partial charge in [0.1, 0.15) is 22.7 Å². The minimum Gasteiger partial charge on any atom is -0.496 e. The number of amides is 3. The lowest BCUT2D eigenvalue weighted by molar-refractivity contribution is -0.131. The van der Waals surface area contributed by atoms with Crippen LogP contribution in [-0.4, -0.2) is 36.9 Å². The largest absolute Gasteiger partial charge is 0.496 e. The number of ether oxygens (including phenoxy) is 2. The molecular formula is C30H26F2N4O5. The van der Waals surface area contributed by atoms with E-state index in [1.807, 2.05) is 0 Å². The van der Waals surface area contributed by atoms with Crippen molar-refractivity contribution in [3.05, 3.63) is 83.6 Å². The molecular weight excluding hydrogens is 534 g/mol. The summed E-state index contributed by atoms with van der Waals surface area (Å²) in [5.41, 5.74) is 0.506. The van der Waals surface area contributed by atoms with Gasteiger partial charge in [-0.3, -0.25) is 19.4 Å². The monoisotopic (exact) mass is 560 g/mol. The van der Waals surface area contributed by atoms with Crippen LogP contribution in [0.15, 0.2) is 60.8 Å². The SMILES string of the molecule is CNC(=O)c1cc2c(Oc3ccc(NC(=O)C4(C(=O)Nc5ccc(F)cc5C)CC4)cc3F)ccnc2cc1OC. The second-order valence-electron chi connectivity index (χ2n) is 9.65. The Morgan fingerprint density at radius 3 is 2.32 bits per heavy atom. The van der Waals surface area contributed by atoms with Crippen molar-refractivity contribution in [3.8, 4) is 17.2 Å². The van der Waals surface area contributed by atoms with Crippen LogP contribution < -0.4 is 25.4 Å². The second kappa shape index (κ2) is 10.8. The Balaban J connectivity index is 1.33. The second-order valence-corrected chi connectivity index (χ2v) is 9.65. The molecule has 5 rings (SSSR count). The molecule has 3 amide bonds. The number of rotatable bonds is 8. The van der Waals surface area contributed by atoms with Crippen LogP contribution in [0, 0.1) is 24.0 Å². The van der Waals surface area contributed by atoms with Crippen molar-refractivity contribution >= 4 is 40.0 Å². The summed E-state index contributed by atoms with van der Waals surface area (Å²) >= 11 is 0. The molecule has 1 saturated carbocycles. The fourth-order valence-corrected chi connectivity index (χ4v) is 4.44. The van der Waals surface area contributed by atoms with Crippen LogP contribution in [0.2, 0.25) is 0 Å². The molecule has 9 nitrogen and oxygen atoms in total. The van der Waals surface area contributed by atoms with E-state index in [-0.39, 0.29) is 28.7 Å². The van der Waals surface area contributed by atoms with Gasteiger partial charge in [0, 0.05) is 42.1 Å². The Morgan fingerprint density at radius 1 is 0.902 bits per heavy atom. The highest BCUT2D eigenvalue weighted by Gasteiger charge is 2.56. The molecule has 41 heavy (non-hydrogen) atoms. The van der Waals surface area contributed by atoms with E-state index >= 15 is 4.39 Å². The molecule has 11 heteroatoms. The molecule has 1 aliphatic rings. The molecule has 1 aliphatic carbocycles. The molecule has 4 aromatic rings. The van der Waals surface area contributed by atoms with E-state index in [1.165, 1.54) is 56.8 Å². The van der Waals surface area contributed by atoms with Gasteiger partial charge in [-0.2, -0.15) is 0 Å². The van der Waals surface area contributed by atoms with Crippen LogP contribution in [0.3, 0.4) is 0 Å². The number of methoxy groups -OCH3 is 1. The van der Waals surface area contributed by atoms with Gasteiger partial charge in [0.05, 0.1) is 18.2 Å². The third kappa shape index (κ3) is 5.38. The average Bonchev–Trinajstić information content (AvgIpc) is 3.77. The van der Waals surface area contributed by atoms with E-state index in [4.69, 9.17) is 9.47 Å². The number of hydrogen-bond acceptors (Lipinski definition) is 6. The molecule has 0 saturated heterocycles. The van der Waals surface area contributed by atoms with Gasteiger partial charge in [0.2, 0.25) is 11.8 Å². The quantitative estimate of drug-likeness (QED) is 0.251. The number of nitrogens with one attached hydrogen (secondary N) is 3. The Hall–Kier alpha value is -5.06. The standard InChI is InChI=1S/C30H26F2N4O5/c1-16-12-17(31)4-6-22(16)36-29(39)30(9-10-30)28(38)35-18-5-7-25(21(32)13-18)41-24-8-11-34-23-15-26(40-3)20(14-19(23)24)27(37)33-2/h4-8,11-15H,9-10H2,1-3H3,(H,33,37)(H,35,38)(H,36,39). The van der Waals surface area contributed by atoms with E-state index in [2.05, 4.69) is 20.9 Å². The smallest absolute Gasteiger partial charge is 0.254 e. The number of halogens is 2. The predicted octanol–water partition coefficient (Wildman–Crippen LogP) is 5.34. The summed E-state index contributed by atoms with van der Waals surface area (Å²) in [6, 6.07) is 12.5. The number of pyridine rings is 1. The van der Waals surface area contributed by atoms with Crippen LogP contribution >= 0.6 is 0 Å². The highest BCUT2D eigenvalue weighted by Crippen LogP contribution is 2.48. The molecule has 1 aromatic heterocycles. The summed E-state index contributed by atoms with van der Waals surface area (Å²) in [7, 11) is 2.93. The lowest BCUT2D eigenvalue weighted by Gasteiger charge is -2.17. The maximum Gasteiger partial charge on any atom is 0.254 e. The molecule has 3 N–H and O–H groups in total. The first-order chi connectivity index (χ1) is 19.6. The molecule has 1 heterocycles. The number of aromatic nitrogens is 1. The number of benzene rings is 3. The number of anilines is 2. The van der Waals surface area contributed by atoms with Crippen molar-refractivity contribution in [1.29, 1.82) is 0 Å². The molecule has 0 spiro atoms. The summed E-state index contributed by atoms with van der Waals surface area (Å²) in [5.74, 6) is -2.20. The molecule has 3 aromatic carbocycles. The molecule has 0 atom stereocenters. The van der Waals surface area contributed by atoms with E-state index in [0.717, 1.165) is 6.07 Å². The van der Waals surface area contributed by atoms with Gasteiger partial charge in [-0.15, -0.1) is 0 Å². The third-order valence-electron chi connectivity index (χ3n) is 6.96. The van der Waals surface area contributed by atoms with Gasteiger partial charge >= 0.3 is 0 Å². The number of carbonyl (C=O) groups excluding carboxylic acids is 3. The van der Waals surface area contributed by atoms with Gasteiger partial charge in [0.25, 0.3) is 5.91 Å². The van der Waals surface area contributed by atoms with Gasteiger partial charge in [-0.25, -0.2) is 8.78 Å². The first-order valence-corrected chi connectivity index (χ1v) is 12.7. The molecule has 1 fully saturated rings. The third-order valence-corrected chi connectivity index (χ3v) is 6.96. The molecule has 0 unspecified atom stereocenters. The summed E-state index contributed by atoms with van der Waals surface area (Å²) in [4.78, 5) is 42.6. The molecule has 0 bridgehead atoms. The molecule has 0 aliphatic heterocycles. The zero-order valence-corrected chi connectivity index (χ0v) is 22.4. The van der Waals surface area contributed by atoms with Crippen LogP contribution in [0.1, 0.15) is 28.8 Å². The number of hydrogen-bond donors (Lipinski definition) is 3. The minimum atomic E-state index is -1.30. The molecule has 210 valence electrons. The van der Waals surface area contributed by atoms with Crippen LogP contribution in [0.25, 0.3) is 10.9 Å². The lowest BCUT2D eigenvalue weighted by atomic mass is 10.0. The zero-order chi connectivity index (χ0) is 29.3. The Labute approximate surface area is 233 Å². The van der Waals surface area contributed by atoms with Crippen LogP contribution in [0.4, 0.5) is 20.2 Å². The fraction of sp³-hybridized carbons (Fsp3) is 0.200. The van der Waals surface area contributed by atoms with Gasteiger partial charge < -0.3 is 25.4 Å². The Kier molecular flexibility index (Phi) is 7.27. The summed E-state index contributed by atoms with van der Waals surface area (Å²) in [6.45, 7) is 1.65. The Morgan fingerprint density at radius 2 is 1.66 bits per heavy atom. The number of fused-ring (bicyclic) bond motifs is 1. The first kappa shape index (κ1) is 27.5. The number of carbonyl (C=O) groups is 3. The van der Waals surface area contributed by atoms with Gasteiger partial charge in [-0.05, 0) is 67.8 Å². The Bertz CT molecular complexity index is 1700. The van der Waals surface area contributed by atoms with Crippen LogP contribution in [0.5, 0.6) is 17.2 Å². The van der Waals surface area contributed by atoms with Crippen molar-refractivity contribution < 1.29 is 32.6 Å². The number of nitrogens with zero attached hydrogens (tertiary/aromatic N) is 1. The zero-order valence-electron chi connectivity index (χ0n) is 22.4. The normalized spacial score (nSPS) is 13.3. The van der Waals surface area contributed by atoms with E-state index < -0.39 is 28.9 Å². The maximum absolute atomic E-state index is 15.1. The maximum atomic E-state index is 15.1. The van der Waals surface area contributed by atoms with Gasteiger partial charge in [0.15, 0.2) is 11.6 Å². The van der Waals surface area contributed by atoms with Crippen molar-refractivity contribution in [3.63, 3.8) is 0 Å². The molecule has 0 radical (unpaired) electrons.